The van der Waals surface area contributed by atoms with Gasteiger partial charge in [-0.2, -0.15) is 0 Å². The molecule has 0 atom stereocenters. The average Bonchev–Trinajstić information content (AvgIpc) is 3.88. The molecule has 0 unspecified atom stereocenters. The molecule has 0 aliphatic rings. The summed E-state index contributed by atoms with van der Waals surface area (Å²) in [6, 6.07) is 82.9. The minimum Gasteiger partial charge on any atom is -0.456 e. The smallest absolute Gasteiger partial charge is 0.137 e. The van der Waals surface area contributed by atoms with Gasteiger partial charge >= 0.3 is 0 Å². The number of rotatable bonds is 7. The van der Waals surface area contributed by atoms with E-state index in [2.05, 4.69) is 228 Å². The maximum atomic E-state index is 6.53. The van der Waals surface area contributed by atoms with E-state index in [9.17, 15) is 0 Å². The zero-order valence-corrected chi connectivity index (χ0v) is 33.2. The molecule has 3 nitrogen and oxygen atoms in total. The third-order valence-electron chi connectivity index (χ3n) is 12.2. The first kappa shape index (κ1) is 34.9. The third-order valence-corrected chi connectivity index (χ3v) is 12.2. The quantitative estimate of drug-likeness (QED) is 0.161. The van der Waals surface area contributed by atoms with Crippen molar-refractivity contribution in [3.05, 3.63) is 231 Å². The number of hydrogen-bond donors (Lipinski definition) is 0. The molecule has 0 spiro atoms. The molecule has 61 heavy (non-hydrogen) atoms. The molecule has 0 radical (unpaired) electrons. The van der Waals surface area contributed by atoms with Gasteiger partial charge in [-0.25, -0.2) is 0 Å². The van der Waals surface area contributed by atoms with E-state index >= 15 is 0 Å². The van der Waals surface area contributed by atoms with Gasteiger partial charge in [0.1, 0.15) is 11.2 Å². The Labute approximate surface area is 353 Å². The molecule has 0 saturated carbocycles. The van der Waals surface area contributed by atoms with E-state index in [-0.39, 0.29) is 0 Å². The lowest BCUT2D eigenvalue weighted by Crippen LogP contribution is -2.11. The van der Waals surface area contributed by atoms with E-state index in [1.807, 2.05) is 12.1 Å². The van der Waals surface area contributed by atoms with Crippen molar-refractivity contribution in [1.82, 2.24) is 4.57 Å². The molecular weight excluding hydrogens is 741 g/mol. The first-order valence-corrected chi connectivity index (χ1v) is 20.8. The van der Waals surface area contributed by atoms with Crippen LogP contribution in [0.5, 0.6) is 0 Å². The van der Waals surface area contributed by atoms with E-state index < -0.39 is 0 Å². The van der Waals surface area contributed by atoms with Gasteiger partial charge in [0.25, 0.3) is 0 Å². The standard InChI is InChI=1S/C58H38N2O/c1-4-17-39(18-5-1)44-33-31-42(37-52(44)40-19-6-2-7-20-40)59(43-32-34-49-48-25-13-15-30-56(48)61-57(49)38-43)54-36-35-46(45-23-10-11-24-47(45)54)50-27-16-29-55-58(50)51-26-12-14-28-53(51)60(55)41-21-8-3-9-22-41/h1-38H. The minimum absolute atomic E-state index is 0.857. The zero-order chi connectivity index (χ0) is 40.3. The number of hydrogen-bond acceptors (Lipinski definition) is 2. The maximum Gasteiger partial charge on any atom is 0.137 e. The summed E-state index contributed by atoms with van der Waals surface area (Å²) in [4.78, 5) is 2.40. The Hall–Kier alpha value is -8.14. The second kappa shape index (κ2) is 14.3. The number of para-hydroxylation sites is 3. The van der Waals surface area contributed by atoms with Gasteiger partial charge < -0.3 is 13.9 Å². The monoisotopic (exact) mass is 778 g/mol. The molecule has 12 rings (SSSR count). The second-order valence-electron chi connectivity index (χ2n) is 15.6. The van der Waals surface area contributed by atoms with Crippen LogP contribution in [0.25, 0.3) is 93.6 Å². The summed E-state index contributed by atoms with van der Waals surface area (Å²) >= 11 is 0. The molecule has 0 aliphatic heterocycles. The van der Waals surface area contributed by atoms with Crippen molar-refractivity contribution in [3.8, 4) is 39.1 Å². The van der Waals surface area contributed by atoms with Crippen LogP contribution in [-0.2, 0) is 0 Å². The highest BCUT2D eigenvalue weighted by molar-refractivity contribution is 6.19. The largest absolute Gasteiger partial charge is 0.456 e. The van der Waals surface area contributed by atoms with Crippen molar-refractivity contribution in [2.45, 2.75) is 0 Å². The number of benzene rings is 10. The predicted molar refractivity (Wildman–Crippen MR) is 257 cm³/mol. The summed E-state index contributed by atoms with van der Waals surface area (Å²) in [7, 11) is 0. The Morgan fingerprint density at radius 3 is 1.69 bits per heavy atom. The summed E-state index contributed by atoms with van der Waals surface area (Å²) in [5.41, 5.74) is 15.5. The van der Waals surface area contributed by atoms with Crippen molar-refractivity contribution in [3.63, 3.8) is 0 Å². The first-order valence-electron chi connectivity index (χ1n) is 20.8. The van der Waals surface area contributed by atoms with Gasteiger partial charge in [0.2, 0.25) is 0 Å². The van der Waals surface area contributed by atoms with E-state index in [0.29, 0.717) is 0 Å². The fourth-order valence-corrected chi connectivity index (χ4v) is 9.49. The molecule has 3 heteroatoms. The Bertz CT molecular complexity index is 3580. The Balaban J connectivity index is 1.11. The molecule has 12 aromatic rings. The van der Waals surface area contributed by atoms with Crippen LogP contribution in [0.3, 0.4) is 0 Å². The lowest BCUT2D eigenvalue weighted by Gasteiger charge is -2.28. The Morgan fingerprint density at radius 1 is 0.328 bits per heavy atom. The molecule has 0 saturated heterocycles. The summed E-state index contributed by atoms with van der Waals surface area (Å²) in [5.74, 6) is 0. The molecule has 0 aliphatic carbocycles. The van der Waals surface area contributed by atoms with E-state index in [0.717, 1.165) is 50.1 Å². The normalized spacial score (nSPS) is 11.6. The average molecular weight is 779 g/mol. The van der Waals surface area contributed by atoms with Crippen LogP contribution in [0.1, 0.15) is 0 Å². The SMILES string of the molecule is c1ccc(-c2ccc(N(c3ccc4c(c3)oc3ccccc34)c3ccc(-c4cccc5c4c4ccccc4n5-c4ccccc4)c4ccccc34)cc2-c2ccccc2)cc1. The van der Waals surface area contributed by atoms with Crippen LogP contribution in [0, 0.1) is 0 Å². The topological polar surface area (TPSA) is 21.3 Å². The van der Waals surface area contributed by atoms with Crippen molar-refractivity contribution < 1.29 is 4.42 Å². The highest BCUT2D eigenvalue weighted by Gasteiger charge is 2.23. The van der Waals surface area contributed by atoms with E-state index in [4.69, 9.17) is 4.42 Å². The molecule has 0 N–H and O–H groups in total. The number of anilines is 3. The molecular formula is C58H38N2O. The molecule has 0 bridgehead atoms. The van der Waals surface area contributed by atoms with Gasteiger partial charge in [-0.1, -0.05) is 164 Å². The molecule has 2 aromatic heterocycles. The third kappa shape index (κ3) is 5.74. The van der Waals surface area contributed by atoms with E-state index in [1.165, 1.54) is 60.6 Å². The number of aromatic nitrogens is 1. The molecule has 10 aromatic carbocycles. The van der Waals surface area contributed by atoms with Gasteiger partial charge in [-0.15, -0.1) is 0 Å². The summed E-state index contributed by atoms with van der Waals surface area (Å²) < 4.78 is 8.92. The van der Waals surface area contributed by atoms with Gasteiger partial charge in [-0.3, -0.25) is 0 Å². The molecule has 0 fully saturated rings. The van der Waals surface area contributed by atoms with Gasteiger partial charge in [0, 0.05) is 50.1 Å². The van der Waals surface area contributed by atoms with Crippen molar-refractivity contribution >= 4 is 71.6 Å². The van der Waals surface area contributed by atoms with Crippen molar-refractivity contribution in [2.75, 3.05) is 4.90 Å². The van der Waals surface area contributed by atoms with E-state index in [1.54, 1.807) is 0 Å². The Kier molecular flexibility index (Phi) is 8.17. The summed E-state index contributed by atoms with van der Waals surface area (Å²) in [6.07, 6.45) is 0. The first-order chi connectivity index (χ1) is 30.3. The van der Waals surface area contributed by atoms with Gasteiger partial charge in [0.15, 0.2) is 0 Å². The van der Waals surface area contributed by atoms with Crippen molar-refractivity contribution in [2.24, 2.45) is 0 Å². The highest BCUT2D eigenvalue weighted by Crippen LogP contribution is 2.47. The zero-order valence-electron chi connectivity index (χ0n) is 33.2. The fraction of sp³-hybridized carbons (Fsp3) is 0. The molecule has 2 heterocycles. The van der Waals surface area contributed by atoms with Crippen LogP contribution in [0.2, 0.25) is 0 Å². The van der Waals surface area contributed by atoms with Gasteiger partial charge in [-0.05, 0) is 99.4 Å². The summed E-state index contributed by atoms with van der Waals surface area (Å²) in [6.45, 7) is 0. The number of fused-ring (bicyclic) bond motifs is 7. The van der Waals surface area contributed by atoms with Crippen LogP contribution < -0.4 is 4.90 Å². The van der Waals surface area contributed by atoms with Crippen LogP contribution in [0.15, 0.2) is 235 Å². The lowest BCUT2D eigenvalue weighted by atomic mass is 9.92. The minimum atomic E-state index is 0.857. The number of nitrogens with zero attached hydrogens (tertiary/aromatic N) is 2. The predicted octanol–water partition coefficient (Wildman–Crippen LogP) is 16.3. The number of furan rings is 1. The van der Waals surface area contributed by atoms with Gasteiger partial charge in [0.05, 0.1) is 16.7 Å². The maximum absolute atomic E-state index is 6.53. The van der Waals surface area contributed by atoms with Crippen LogP contribution >= 0.6 is 0 Å². The Morgan fingerprint density at radius 2 is 0.902 bits per heavy atom. The second-order valence-corrected chi connectivity index (χ2v) is 15.6. The summed E-state index contributed by atoms with van der Waals surface area (Å²) in [5, 5.41) is 7.04. The molecule has 286 valence electrons. The fourth-order valence-electron chi connectivity index (χ4n) is 9.49. The van der Waals surface area contributed by atoms with Crippen LogP contribution in [-0.4, -0.2) is 4.57 Å². The van der Waals surface area contributed by atoms with Crippen LogP contribution in [0.4, 0.5) is 17.1 Å². The molecule has 0 amide bonds. The lowest BCUT2D eigenvalue weighted by molar-refractivity contribution is 0.669. The van der Waals surface area contributed by atoms with Crippen molar-refractivity contribution in [1.29, 1.82) is 0 Å². The highest BCUT2D eigenvalue weighted by atomic mass is 16.3.